The molecule has 3 rings (SSSR count). The van der Waals surface area contributed by atoms with Gasteiger partial charge in [-0.2, -0.15) is 5.10 Å². The maximum absolute atomic E-state index is 12.2. The molecule has 0 saturated carbocycles. The number of nitrogens with zero attached hydrogens (tertiary/aromatic N) is 1. The summed E-state index contributed by atoms with van der Waals surface area (Å²) in [5.41, 5.74) is 6.18. The van der Waals surface area contributed by atoms with Crippen LogP contribution in [0.3, 0.4) is 0 Å². The molecule has 2 amide bonds. The van der Waals surface area contributed by atoms with Gasteiger partial charge in [-0.05, 0) is 77.7 Å². The molecule has 0 aliphatic rings. The van der Waals surface area contributed by atoms with Gasteiger partial charge in [-0.1, -0.05) is 47.5 Å². The highest BCUT2D eigenvalue weighted by Gasteiger charge is 2.15. The molecule has 182 valence electrons. The van der Waals surface area contributed by atoms with Crippen LogP contribution in [0.4, 0.5) is 5.69 Å². The van der Waals surface area contributed by atoms with E-state index in [9.17, 15) is 9.59 Å². The Morgan fingerprint density at radius 2 is 1.80 bits per heavy atom. The van der Waals surface area contributed by atoms with E-state index >= 15 is 0 Å². The second-order valence-corrected chi connectivity index (χ2v) is 8.86. The number of rotatable bonds is 8. The Labute approximate surface area is 217 Å². The fraction of sp³-hybridized carbons (Fsp3) is 0.192. The smallest absolute Gasteiger partial charge is 0.329 e. The molecular formula is C26H25BrClN3O4. The first kappa shape index (κ1) is 26.2. The van der Waals surface area contributed by atoms with Gasteiger partial charge < -0.3 is 14.8 Å². The molecule has 0 spiro atoms. The number of amides is 2. The second kappa shape index (κ2) is 12.4. The lowest BCUT2D eigenvalue weighted by Gasteiger charge is -2.15. The van der Waals surface area contributed by atoms with Gasteiger partial charge in [0.2, 0.25) is 0 Å². The standard InChI is InChI=1S/C26H25BrClN3O4/c1-4-34-23-13-19(12-20(27)24(23)35-15-18-10-8-16(2)9-11-18)14-29-31-26(33)25(32)30-22-7-5-6-21(28)17(22)3/h5-14H,4,15H2,1-3H3,(H,30,32)(H,31,33). The summed E-state index contributed by atoms with van der Waals surface area (Å²) in [5, 5.41) is 6.90. The molecule has 2 N–H and O–H groups in total. The third kappa shape index (κ3) is 7.31. The van der Waals surface area contributed by atoms with E-state index < -0.39 is 11.8 Å². The summed E-state index contributed by atoms with van der Waals surface area (Å²) < 4.78 is 12.4. The summed E-state index contributed by atoms with van der Waals surface area (Å²) >= 11 is 9.56. The zero-order valence-corrected chi connectivity index (χ0v) is 21.9. The number of ether oxygens (including phenoxy) is 2. The third-order valence-corrected chi connectivity index (χ3v) is 5.94. The normalized spacial score (nSPS) is 10.8. The van der Waals surface area contributed by atoms with E-state index in [4.69, 9.17) is 21.1 Å². The van der Waals surface area contributed by atoms with Crippen LogP contribution in [-0.4, -0.2) is 24.6 Å². The first-order chi connectivity index (χ1) is 16.8. The minimum absolute atomic E-state index is 0.379. The van der Waals surface area contributed by atoms with Crippen LogP contribution < -0.4 is 20.2 Å². The van der Waals surface area contributed by atoms with Crippen molar-refractivity contribution >= 4 is 51.2 Å². The van der Waals surface area contributed by atoms with Gasteiger partial charge in [-0.15, -0.1) is 0 Å². The Balaban J connectivity index is 1.66. The lowest BCUT2D eigenvalue weighted by atomic mass is 10.2. The number of carbonyl (C=O) groups is 2. The molecule has 35 heavy (non-hydrogen) atoms. The number of hydrogen-bond acceptors (Lipinski definition) is 5. The molecule has 3 aromatic rings. The number of carbonyl (C=O) groups excluding carboxylic acids is 2. The molecule has 0 atom stereocenters. The summed E-state index contributed by atoms with van der Waals surface area (Å²) in [6, 6.07) is 16.6. The van der Waals surface area contributed by atoms with Crippen molar-refractivity contribution in [2.75, 3.05) is 11.9 Å². The van der Waals surface area contributed by atoms with Gasteiger partial charge in [0.05, 0.1) is 17.3 Å². The molecule has 7 nitrogen and oxygen atoms in total. The van der Waals surface area contributed by atoms with Gasteiger partial charge in [0.15, 0.2) is 11.5 Å². The second-order valence-electron chi connectivity index (χ2n) is 7.60. The van der Waals surface area contributed by atoms with E-state index in [2.05, 4.69) is 31.8 Å². The van der Waals surface area contributed by atoms with Crippen molar-refractivity contribution in [1.82, 2.24) is 5.43 Å². The van der Waals surface area contributed by atoms with Gasteiger partial charge in [0, 0.05) is 10.7 Å². The zero-order valence-electron chi connectivity index (χ0n) is 19.5. The van der Waals surface area contributed by atoms with Crippen molar-refractivity contribution in [2.45, 2.75) is 27.4 Å². The van der Waals surface area contributed by atoms with Crippen molar-refractivity contribution in [2.24, 2.45) is 5.10 Å². The van der Waals surface area contributed by atoms with Crippen LogP contribution in [0, 0.1) is 13.8 Å². The Hall–Kier alpha value is -3.36. The average molecular weight is 559 g/mol. The van der Waals surface area contributed by atoms with Crippen LogP contribution in [0.15, 0.2) is 64.2 Å². The monoisotopic (exact) mass is 557 g/mol. The van der Waals surface area contributed by atoms with Crippen LogP contribution in [0.2, 0.25) is 5.02 Å². The van der Waals surface area contributed by atoms with E-state index in [0.29, 0.717) is 51.0 Å². The molecular weight excluding hydrogens is 534 g/mol. The fourth-order valence-electron chi connectivity index (χ4n) is 3.04. The Morgan fingerprint density at radius 3 is 2.51 bits per heavy atom. The molecule has 0 fully saturated rings. The number of hydrazone groups is 1. The van der Waals surface area contributed by atoms with Gasteiger partial charge in [-0.25, -0.2) is 5.43 Å². The number of halogens is 2. The van der Waals surface area contributed by atoms with Gasteiger partial charge in [0.25, 0.3) is 0 Å². The maximum atomic E-state index is 12.2. The molecule has 0 bridgehead atoms. The molecule has 0 unspecified atom stereocenters. The number of hydrogen-bond donors (Lipinski definition) is 2. The minimum atomic E-state index is -0.914. The molecule has 0 aliphatic heterocycles. The van der Waals surface area contributed by atoms with Crippen molar-refractivity contribution in [3.8, 4) is 11.5 Å². The SMILES string of the molecule is CCOc1cc(C=NNC(=O)C(=O)Nc2cccc(Cl)c2C)cc(Br)c1OCc1ccc(C)cc1. The van der Waals surface area contributed by atoms with Crippen LogP contribution in [0.1, 0.15) is 29.2 Å². The van der Waals surface area contributed by atoms with Crippen LogP contribution >= 0.6 is 27.5 Å². The quantitative estimate of drug-likeness (QED) is 0.208. The lowest BCUT2D eigenvalue weighted by molar-refractivity contribution is -0.136. The summed E-state index contributed by atoms with van der Waals surface area (Å²) in [7, 11) is 0. The zero-order chi connectivity index (χ0) is 25.4. The summed E-state index contributed by atoms with van der Waals surface area (Å²) in [4.78, 5) is 24.3. The molecule has 0 aromatic heterocycles. The highest BCUT2D eigenvalue weighted by atomic mass is 79.9. The third-order valence-electron chi connectivity index (χ3n) is 4.94. The predicted molar refractivity (Wildman–Crippen MR) is 141 cm³/mol. The Kier molecular flexibility index (Phi) is 9.28. The summed E-state index contributed by atoms with van der Waals surface area (Å²) in [6.07, 6.45) is 1.41. The maximum Gasteiger partial charge on any atom is 0.329 e. The van der Waals surface area contributed by atoms with Crippen LogP contribution in [0.25, 0.3) is 0 Å². The van der Waals surface area contributed by atoms with Crippen molar-refractivity contribution in [3.05, 3.63) is 86.3 Å². The minimum Gasteiger partial charge on any atom is -0.490 e. The Bertz CT molecular complexity index is 1250. The highest BCUT2D eigenvalue weighted by Crippen LogP contribution is 2.37. The predicted octanol–water partition coefficient (Wildman–Crippen LogP) is 5.79. The molecule has 0 heterocycles. The van der Waals surface area contributed by atoms with E-state index in [1.165, 1.54) is 11.8 Å². The van der Waals surface area contributed by atoms with E-state index in [0.717, 1.165) is 5.56 Å². The van der Waals surface area contributed by atoms with Crippen LogP contribution in [-0.2, 0) is 16.2 Å². The van der Waals surface area contributed by atoms with Gasteiger partial charge >= 0.3 is 11.8 Å². The number of aryl methyl sites for hydroxylation is 1. The van der Waals surface area contributed by atoms with E-state index in [-0.39, 0.29) is 0 Å². The molecule has 0 radical (unpaired) electrons. The lowest BCUT2D eigenvalue weighted by Crippen LogP contribution is -2.32. The number of anilines is 1. The van der Waals surface area contributed by atoms with Crippen molar-refractivity contribution in [3.63, 3.8) is 0 Å². The van der Waals surface area contributed by atoms with Crippen molar-refractivity contribution < 1.29 is 19.1 Å². The van der Waals surface area contributed by atoms with E-state index in [1.807, 2.05) is 38.1 Å². The average Bonchev–Trinajstić information content (AvgIpc) is 2.82. The largest absolute Gasteiger partial charge is 0.490 e. The topological polar surface area (TPSA) is 89.0 Å². The Morgan fingerprint density at radius 1 is 1.06 bits per heavy atom. The number of nitrogens with one attached hydrogen (secondary N) is 2. The van der Waals surface area contributed by atoms with Crippen molar-refractivity contribution in [1.29, 1.82) is 0 Å². The molecule has 0 aliphatic carbocycles. The van der Waals surface area contributed by atoms with Crippen LogP contribution in [0.5, 0.6) is 11.5 Å². The summed E-state index contributed by atoms with van der Waals surface area (Å²) in [5.74, 6) is -0.688. The molecule has 0 saturated heterocycles. The first-order valence-electron chi connectivity index (χ1n) is 10.8. The number of benzene rings is 3. The van der Waals surface area contributed by atoms with Gasteiger partial charge in [0.1, 0.15) is 6.61 Å². The molecule has 3 aromatic carbocycles. The molecule has 9 heteroatoms. The summed E-state index contributed by atoms with van der Waals surface area (Å²) in [6.45, 7) is 6.47. The van der Waals surface area contributed by atoms with Gasteiger partial charge in [-0.3, -0.25) is 9.59 Å². The highest BCUT2D eigenvalue weighted by molar-refractivity contribution is 9.10. The first-order valence-corrected chi connectivity index (χ1v) is 12.0. The van der Waals surface area contributed by atoms with E-state index in [1.54, 1.807) is 37.3 Å². The fourth-order valence-corrected chi connectivity index (χ4v) is 3.79.